The van der Waals surface area contributed by atoms with Gasteiger partial charge in [-0.1, -0.05) is 6.07 Å². The maximum Gasteiger partial charge on any atom is 0.254 e. The van der Waals surface area contributed by atoms with Crippen molar-refractivity contribution in [2.75, 3.05) is 7.05 Å². The Hall–Kier alpha value is -2.20. The molecule has 4 nitrogen and oxygen atoms in total. The first-order valence-electron chi connectivity index (χ1n) is 6.93. The summed E-state index contributed by atoms with van der Waals surface area (Å²) in [6, 6.07) is 7.77. The van der Waals surface area contributed by atoms with Crippen LogP contribution in [0.1, 0.15) is 35.3 Å². The summed E-state index contributed by atoms with van der Waals surface area (Å²) in [4.78, 5) is 17.8. The van der Waals surface area contributed by atoms with E-state index >= 15 is 0 Å². The Morgan fingerprint density at radius 1 is 1.19 bits per heavy atom. The number of rotatable bonds is 2. The Morgan fingerprint density at radius 3 is 2.67 bits per heavy atom. The smallest absolute Gasteiger partial charge is 0.254 e. The molecule has 0 aliphatic carbocycles. The molecule has 1 aromatic carbocycles. The van der Waals surface area contributed by atoms with E-state index in [1.807, 2.05) is 24.3 Å². The third kappa shape index (κ3) is 2.43. The minimum absolute atomic E-state index is 0.0694. The zero-order chi connectivity index (χ0) is 15.2. The molecule has 21 heavy (non-hydrogen) atoms. The van der Waals surface area contributed by atoms with E-state index in [1.165, 1.54) is 0 Å². The molecule has 3 rings (SSSR count). The number of benzene rings is 1. The fourth-order valence-corrected chi connectivity index (χ4v) is 2.58. The molecule has 108 valence electrons. The molecule has 1 N–H and O–H groups in total. The Kier molecular flexibility index (Phi) is 3.06. The van der Waals surface area contributed by atoms with E-state index in [1.54, 1.807) is 38.2 Å². The molecule has 1 aromatic heterocycles. The number of aliphatic hydroxyl groups is 1. The van der Waals surface area contributed by atoms with Crippen molar-refractivity contribution in [2.45, 2.75) is 26.0 Å². The van der Waals surface area contributed by atoms with Crippen LogP contribution in [-0.2, 0) is 12.1 Å². The van der Waals surface area contributed by atoms with Crippen molar-refractivity contribution < 1.29 is 9.90 Å². The van der Waals surface area contributed by atoms with Gasteiger partial charge in [-0.05, 0) is 43.2 Å². The summed E-state index contributed by atoms with van der Waals surface area (Å²) in [5.74, 6) is 0.0694. The molecule has 0 radical (unpaired) electrons. The van der Waals surface area contributed by atoms with Crippen LogP contribution in [0.3, 0.4) is 0 Å². The molecule has 0 saturated heterocycles. The first-order chi connectivity index (χ1) is 9.86. The summed E-state index contributed by atoms with van der Waals surface area (Å²) in [7, 11) is 1.80. The molecule has 0 bridgehead atoms. The Bertz CT molecular complexity index is 717. The highest BCUT2D eigenvalue weighted by molar-refractivity contribution is 5.98. The van der Waals surface area contributed by atoms with Gasteiger partial charge in [0, 0.05) is 42.7 Å². The molecule has 0 fully saturated rings. The highest BCUT2D eigenvalue weighted by atomic mass is 16.3. The first kappa shape index (κ1) is 13.8. The lowest BCUT2D eigenvalue weighted by Gasteiger charge is -2.18. The van der Waals surface area contributed by atoms with E-state index in [2.05, 4.69) is 4.98 Å². The lowest BCUT2D eigenvalue weighted by Crippen LogP contribution is -2.17. The minimum Gasteiger partial charge on any atom is -0.386 e. The van der Waals surface area contributed by atoms with Crippen molar-refractivity contribution in [3.63, 3.8) is 0 Å². The van der Waals surface area contributed by atoms with Crippen molar-refractivity contribution in [1.82, 2.24) is 9.88 Å². The molecule has 1 amide bonds. The van der Waals surface area contributed by atoms with E-state index in [-0.39, 0.29) is 5.91 Å². The second-order valence-corrected chi connectivity index (χ2v) is 6.05. The lowest BCUT2D eigenvalue weighted by molar-refractivity contribution is 0.0781. The van der Waals surface area contributed by atoms with Crippen molar-refractivity contribution in [3.05, 3.63) is 53.3 Å². The number of pyridine rings is 1. The fraction of sp³-hybridized carbons (Fsp3) is 0.294. The third-order valence-electron chi connectivity index (χ3n) is 3.87. The van der Waals surface area contributed by atoms with Crippen LogP contribution in [0.5, 0.6) is 0 Å². The zero-order valence-electron chi connectivity index (χ0n) is 12.4. The summed E-state index contributed by atoms with van der Waals surface area (Å²) in [6.07, 6.45) is 3.45. The maximum absolute atomic E-state index is 11.9. The predicted octanol–water partition coefficient (Wildman–Crippen LogP) is 2.56. The van der Waals surface area contributed by atoms with Crippen LogP contribution >= 0.6 is 0 Å². The van der Waals surface area contributed by atoms with Crippen LogP contribution in [-0.4, -0.2) is 27.9 Å². The Balaban J connectivity index is 2.03. The Labute approximate surface area is 124 Å². The van der Waals surface area contributed by atoms with Gasteiger partial charge < -0.3 is 10.0 Å². The van der Waals surface area contributed by atoms with Crippen LogP contribution in [0.25, 0.3) is 11.1 Å². The first-order valence-corrected chi connectivity index (χ1v) is 6.93. The minimum atomic E-state index is -0.921. The molecule has 0 unspecified atom stereocenters. The fourth-order valence-electron chi connectivity index (χ4n) is 2.58. The van der Waals surface area contributed by atoms with Gasteiger partial charge in [-0.15, -0.1) is 0 Å². The second-order valence-electron chi connectivity index (χ2n) is 6.05. The number of amides is 1. The molecule has 1 aliphatic rings. The largest absolute Gasteiger partial charge is 0.386 e. The molecular weight excluding hydrogens is 264 g/mol. The van der Waals surface area contributed by atoms with Gasteiger partial charge in [-0.25, -0.2) is 0 Å². The maximum atomic E-state index is 11.9. The number of nitrogens with zero attached hydrogens (tertiary/aromatic N) is 2. The van der Waals surface area contributed by atoms with Crippen LogP contribution in [0, 0.1) is 0 Å². The highest BCUT2D eigenvalue weighted by Crippen LogP contribution is 2.29. The van der Waals surface area contributed by atoms with E-state index < -0.39 is 5.60 Å². The monoisotopic (exact) mass is 282 g/mol. The number of carbonyl (C=O) groups excluding carboxylic acids is 1. The quantitative estimate of drug-likeness (QED) is 0.921. The molecule has 1 aliphatic heterocycles. The average molecular weight is 282 g/mol. The van der Waals surface area contributed by atoms with Gasteiger partial charge in [0.05, 0.1) is 5.60 Å². The number of fused-ring (bicyclic) bond motifs is 1. The van der Waals surface area contributed by atoms with Crippen molar-refractivity contribution in [3.8, 4) is 11.1 Å². The lowest BCUT2D eigenvalue weighted by atomic mass is 9.95. The van der Waals surface area contributed by atoms with Gasteiger partial charge in [0.15, 0.2) is 0 Å². The van der Waals surface area contributed by atoms with Gasteiger partial charge in [-0.3, -0.25) is 9.78 Å². The normalized spacial score (nSPS) is 14.5. The van der Waals surface area contributed by atoms with Crippen molar-refractivity contribution in [1.29, 1.82) is 0 Å². The van der Waals surface area contributed by atoms with Gasteiger partial charge in [0.25, 0.3) is 5.91 Å². The van der Waals surface area contributed by atoms with Crippen LogP contribution < -0.4 is 0 Å². The van der Waals surface area contributed by atoms with Gasteiger partial charge in [-0.2, -0.15) is 0 Å². The summed E-state index contributed by atoms with van der Waals surface area (Å²) >= 11 is 0. The number of hydrogen-bond acceptors (Lipinski definition) is 3. The standard InChI is InChI=1S/C17H18N2O2/c1-17(2,21)14-7-12(8-18-9-14)11-4-5-15-13(6-11)10-19(3)16(15)20/h4-9,21H,10H2,1-3H3. The van der Waals surface area contributed by atoms with Crippen LogP contribution in [0.4, 0.5) is 0 Å². The van der Waals surface area contributed by atoms with Gasteiger partial charge in [0.1, 0.15) is 0 Å². The SMILES string of the molecule is CN1Cc2cc(-c3cncc(C(C)(C)O)c3)ccc2C1=O. The molecule has 0 spiro atoms. The van der Waals surface area contributed by atoms with Crippen LogP contribution in [0.2, 0.25) is 0 Å². The molecule has 2 heterocycles. The van der Waals surface area contributed by atoms with Crippen molar-refractivity contribution in [2.24, 2.45) is 0 Å². The van der Waals surface area contributed by atoms with E-state index in [0.717, 1.165) is 27.8 Å². The molecular formula is C17H18N2O2. The van der Waals surface area contributed by atoms with Crippen LogP contribution in [0.15, 0.2) is 36.7 Å². The molecule has 2 aromatic rings. The summed E-state index contributed by atoms with van der Waals surface area (Å²) in [5, 5.41) is 10.1. The molecule has 0 saturated carbocycles. The van der Waals surface area contributed by atoms with E-state index in [9.17, 15) is 9.90 Å². The van der Waals surface area contributed by atoms with Crippen molar-refractivity contribution >= 4 is 5.91 Å². The number of aromatic nitrogens is 1. The average Bonchev–Trinajstić information content (AvgIpc) is 2.73. The molecule has 4 heteroatoms. The number of hydrogen-bond donors (Lipinski definition) is 1. The topological polar surface area (TPSA) is 53.4 Å². The second kappa shape index (κ2) is 4.67. The summed E-state index contributed by atoms with van der Waals surface area (Å²) in [5.41, 5.74) is 3.61. The predicted molar refractivity (Wildman–Crippen MR) is 80.7 cm³/mol. The molecule has 0 atom stereocenters. The third-order valence-corrected chi connectivity index (χ3v) is 3.87. The Morgan fingerprint density at radius 2 is 1.95 bits per heavy atom. The van der Waals surface area contributed by atoms with E-state index in [0.29, 0.717) is 6.54 Å². The van der Waals surface area contributed by atoms with Gasteiger partial charge in [0.2, 0.25) is 0 Å². The summed E-state index contributed by atoms with van der Waals surface area (Å²) in [6.45, 7) is 4.12. The van der Waals surface area contributed by atoms with Gasteiger partial charge >= 0.3 is 0 Å². The highest BCUT2D eigenvalue weighted by Gasteiger charge is 2.24. The number of carbonyl (C=O) groups is 1. The van der Waals surface area contributed by atoms with E-state index in [4.69, 9.17) is 0 Å². The zero-order valence-corrected chi connectivity index (χ0v) is 12.4. The summed E-state index contributed by atoms with van der Waals surface area (Å²) < 4.78 is 0.